The van der Waals surface area contributed by atoms with E-state index in [1.54, 1.807) is 12.1 Å². The summed E-state index contributed by atoms with van der Waals surface area (Å²) in [6, 6.07) is 3.55. The molecule has 0 bridgehead atoms. The first-order chi connectivity index (χ1) is 7.68. The molecule has 0 amide bonds. The van der Waals surface area contributed by atoms with E-state index in [9.17, 15) is 5.11 Å². The Kier molecular flexibility index (Phi) is 7.93. The summed E-state index contributed by atoms with van der Waals surface area (Å²) in [5.41, 5.74) is 0.834. The van der Waals surface area contributed by atoms with Gasteiger partial charge in [-0.2, -0.15) is 8.42 Å². The molecule has 4 N–H and O–H groups in total. The molecule has 0 aliphatic heterocycles. The second-order valence-corrected chi connectivity index (χ2v) is 5.09. The maximum absolute atomic E-state index is 9.33. The van der Waals surface area contributed by atoms with Crippen molar-refractivity contribution in [1.29, 1.82) is 0 Å². The Hall–Kier alpha value is 0.836. The second-order valence-electron chi connectivity index (χ2n) is 2.93. The number of hydrogen-bond donors (Lipinski definition) is 4. The Morgan fingerprint density at radius 2 is 1.83 bits per heavy atom. The van der Waals surface area contributed by atoms with E-state index in [2.05, 4.69) is 20.9 Å². The van der Waals surface area contributed by atoms with Crippen LogP contribution in [0.25, 0.3) is 10.9 Å². The van der Waals surface area contributed by atoms with Gasteiger partial charge >= 0.3 is 61.8 Å². The summed E-state index contributed by atoms with van der Waals surface area (Å²) in [5, 5.41) is 10.7. The summed E-state index contributed by atoms with van der Waals surface area (Å²) in [5.74, 6) is 0.238. The zero-order chi connectivity index (χ0) is 13.2. The van der Waals surface area contributed by atoms with Crippen LogP contribution in [0.1, 0.15) is 1.43 Å². The summed E-state index contributed by atoms with van der Waals surface area (Å²) in [6.07, 6.45) is 1.54. The van der Waals surface area contributed by atoms with E-state index in [-0.39, 0.29) is 58.6 Å². The zero-order valence-electron chi connectivity index (χ0n) is 10.1. The number of benzene rings is 1. The molecule has 2 aromatic rings. The van der Waals surface area contributed by atoms with Crippen molar-refractivity contribution in [3.8, 4) is 5.75 Å². The summed E-state index contributed by atoms with van der Waals surface area (Å²) < 4.78 is 32.4. The van der Waals surface area contributed by atoms with E-state index in [1.807, 2.05) is 0 Å². The van der Waals surface area contributed by atoms with Crippen LogP contribution in [-0.2, 0) is 10.4 Å². The molecule has 1 heterocycles. The Balaban J connectivity index is 0. The van der Waals surface area contributed by atoms with Crippen LogP contribution in [-0.4, -0.2) is 27.6 Å². The van der Waals surface area contributed by atoms with Crippen molar-refractivity contribution in [2.24, 2.45) is 0 Å². The number of rotatable bonds is 0. The van der Waals surface area contributed by atoms with Crippen LogP contribution < -0.4 is 51.4 Å². The van der Waals surface area contributed by atoms with Crippen molar-refractivity contribution < 1.29 is 75.4 Å². The molecule has 0 aliphatic carbocycles. The van der Waals surface area contributed by atoms with Crippen LogP contribution in [0.5, 0.6) is 5.75 Å². The maximum Gasteiger partial charge on any atom is 1.00 e. The first-order valence-corrected chi connectivity index (χ1v) is 6.60. The average Bonchev–Trinajstić information content (AvgIpc) is 2.47. The van der Waals surface area contributed by atoms with Crippen LogP contribution in [0, 0.1) is 0 Å². The van der Waals surface area contributed by atoms with E-state index >= 15 is 0 Å². The van der Waals surface area contributed by atoms with Crippen LogP contribution >= 0.6 is 27.5 Å². The monoisotopic (exact) mass is 383 g/mol. The molecule has 0 fully saturated rings. The second kappa shape index (κ2) is 7.57. The quantitative estimate of drug-likeness (QED) is 0.370. The summed E-state index contributed by atoms with van der Waals surface area (Å²) in [7, 11) is -4.67. The van der Waals surface area contributed by atoms with Gasteiger partial charge in [-0.15, -0.1) is 0 Å². The van der Waals surface area contributed by atoms with Crippen molar-refractivity contribution in [2.45, 2.75) is 0 Å². The van der Waals surface area contributed by atoms with Gasteiger partial charge in [0, 0.05) is 16.1 Å². The van der Waals surface area contributed by atoms with Gasteiger partial charge in [0.25, 0.3) is 0 Å². The van der Waals surface area contributed by atoms with Gasteiger partial charge in [0.15, 0.2) is 0 Å². The minimum absolute atomic E-state index is 0. The first kappa shape index (κ1) is 18.8. The minimum atomic E-state index is -4.67. The largest absolute Gasteiger partial charge is 1.00 e. The standard InChI is InChI=1S/C8H5BrClNO.K.H2O4S.H/c9-5-1-4-7(2-6(5)10)11-3-8(4)12;;1-5(2,3)4;/h1-3,11-12H;;(H2,1,2,3,4);/q;+1;;-1. The van der Waals surface area contributed by atoms with E-state index in [0.29, 0.717) is 5.02 Å². The molecule has 0 radical (unpaired) electrons. The number of fused-ring (bicyclic) bond motifs is 1. The Bertz CT molecular complexity index is 642. The molecule has 0 unspecified atom stereocenters. The van der Waals surface area contributed by atoms with Crippen LogP contribution in [0.15, 0.2) is 22.8 Å². The SMILES string of the molecule is O=S(=O)(O)O.Oc1c[nH]c2cc(Cl)c(Br)cc12.[H-].[K+]. The van der Waals surface area contributed by atoms with Crippen LogP contribution in [0.3, 0.4) is 0 Å². The molecule has 6 nitrogen and oxygen atoms in total. The molecule has 0 atom stereocenters. The summed E-state index contributed by atoms with van der Waals surface area (Å²) >= 11 is 9.13. The van der Waals surface area contributed by atoms with Crippen molar-refractivity contribution in [1.82, 2.24) is 4.98 Å². The van der Waals surface area contributed by atoms with Crippen LogP contribution in [0.2, 0.25) is 5.02 Å². The summed E-state index contributed by atoms with van der Waals surface area (Å²) in [4.78, 5) is 2.90. The summed E-state index contributed by atoms with van der Waals surface area (Å²) in [6.45, 7) is 0. The van der Waals surface area contributed by atoms with Gasteiger partial charge in [-0.1, -0.05) is 11.6 Å². The van der Waals surface area contributed by atoms with Gasteiger partial charge < -0.3 is 11.5 Å². The number of hydrogen-bond acceptors (Lipinski definition) is 3. The fourth-order valence-electron chi connectivity index (χ4n) is 1.10. The van der Waals surface area contributed by atoms with Gasteiger partial charge in [0.05, 0.1) is 10.5 Å². The molecule has 0 saturated heterocycles. The third-order valence-electron chi connectivity index (χ3n) is 1.70. The maximum atomic E-state index is 9.33. The molecular formula is C8H8BrClKNO5S. The third-order valence-corrected chi connectivity index (χ3v) is 2.90. The molecule has 10 heteroatoms. The zero-order valence-corrected chi connectivity index (χ0v) is 15.3. The molecular weight excluding hydrogens is 377 g/mol. The molecule has 0 spiro atoms. The molecule has 1 aromatic heterocycles. The first-order valence-electron chi connectivity index (χ1n) is 4.03. The van der Waals surface area contributed by atoms with E-state index < -0.39 is 10.4 Å². The van der Waals surface area contributed by atoms with Gasteiger partial charge in [-0.3, -0.25) is 9.11 Å². The van der Waals surface area contributed by atoms with Crippen molar-refractivity contribution >= 4 is 48.8 Å². The van der Waals surface area contributed by atoms with Gasteiger partial charge in [-0.05, 0) is 28.1 Å². The van der Waals surface area contributed by atoms with Gasteiger partial charge in [0.1, 0.15) is 5.75 Å². The smallest absolute Gasteiger partial charge is 1.00 e. The number of aromatic nitrogens is 1. The number of halogens is 2. The topological polar surface area (TPSA) is 111 Å². The van der Waals surface area contributed by atoms with Crippen molar-refractivity contribution in [2.75, 3.05) is 0 Å². The molecule has 0 aliphatic rings. The van der Waals surface area contributed by atoms with Crippen molar-refractivity contribution in [3.63, 3.8) is 0 Å². The predicted molar refractivity (Wildman–Crippen MR) is 68.0 cm³/mol. The number of aromatic hydroxyl groups is 1. The van der Waals surface area contributed by atoms with E-state index in [4.69, 9.17) is 29.1 Å². The van der Waals surface area contributed by atoms with E-state index in [1.165, 1.54) is 6.20 Å². The van der Waals surface area contributed by atoms with E-state index in [0.717, 1.165) is 15.4 Å². The molecule has 2 rings (SSSR count). The van der Waals surface area contributed by atoms with Crippen molar-refractivity contribution in [3.05, 3.63) is 27.8 Å². The Morgan fingerprint density at radius 3 is 2.33 bits per heavy atom. The molecule has 18 heavy (non-hydrogen) atoms. The average molecular weight is 385 g/mol. The third kappa shape index (κ3) is 6.33. The van der Waals surface area contributed by atoms with Gasteiger partial charge in [-0.25, -0.2) is 0 Å². The number of nitrogens with one attached hydrogen (secondary N) is 1. The molecule has 0 saturated carbocycles. The Labute approximate surface area is 160 Å². The predicted octanol–water partition coefficient (Wildman–Crippen LogP) is -0.247. The number of aromatic amines is 1. The fraction of sp³-hybridized carbons (Fsp3) is 0. The fourth-order valence-corrected chi connectivity index (χ4v) is 1.61. The molecule has 1 aromatic carbocycles. The minimum Gasteiger partial charge on any atom is -1.00 e. The van der Waals surface area contributed by atoms with Crippen LogP contribution in [0.4, 0.5) is 0 Å². The van der Waals surface area contributed by atoms with Gasteiger partial charge in [0.2, 0.25) is 0 Å². The Morgan fingerprint density at radius 1 is 1.33 bits per heavy atom. The molecule has 96 valence electrons. The number of H-pyrrole nitrogens is 1. The normalized spacial score (nSPS) is 10.4.